The van der Waals surface area contributed by atoms with Crippen molar-refractivity contribution in [2.75, 3.05) is 24.7 Å². The van der Waals surface area contributed by atoms with Crippen molar-refractivity contribution in [3.63, 3.8) is 0 Å². The van der Waals surface area contributed by atoms with Gasteiger partial charge in [-0.1, -0.05) is 18.2 Å². The summed E-state index contributed by atoms with van der Waals surface area (Å²) in [6.45, 7) is 0.0895. The standard InChI is InChI=1S/C16H19N3O3S/c1-22-14-9-7-13(8-10-14)19-16(17)18-11-12-23(20,21)15-5-3-2-4-6-15/h2-10H,11-12H2,1H3,(H3,17,18,19). The number of rotatable bonds is 6. The maximum absolute atomic E-state index is 12.1. The molecule has 6 nitrogen and oxygen atoms in total. The quantitative estimate of drug-likeness (QED) is 0.622. The van der Waals surface area contributed by atoms with Gasteiger partial charge in [-0.05, 0) is 36.4 Å². The Morgan fingerprint density at radius 3 is 2.39 bits per heavy atom. The first kappa shape index (κ1) is 16.8. The van der Waals surface area contributed by atoms with Crippen LogP contribution in [-0.2, 0) is 9.84 Å². The van der Waals surface area contributed by atoms with Crippen molar-refractivity contribution >= 4 is 21.5 Å². The van der Waals surface area contributed by atoms with E-state index in [4.69, 9.17) is 10.5 Å². The number of ether oxygens (including phenoxy) is 1. The molecule has 0 heterocycles. The summed E-state index contributed by atoms with van der Waals surface area (Å²) in [6.07, 6.45) is 0. The Kier molecular flexibility index (Phi) is 5.59. The molecule has 0 amide bonds. The first-order chi connectivity index (χ1) is 11.0. The minimum Gasteiger partial charge on any atom is -0.497 e. The van der Waals surface area contributed by atoms with Crippen molar-refractivity contribution in [3.8, 4) is 5.75 Å². The average molecular weight is 333 g/mol. The zero-order valence-electron chi connectivity index (χ0n) is 12.8. The third kappa shape index (κ3) is 5.00. The molecule has 0 aliphatic heterocycles. The minimum atomic E-state index is -3.34. The summed E-state index contributed by atoms with van der Waals surface area (Å²) in [7, 11) is -1.76. The number of aliphatic imine (C=N–C) groups is 1. The number of hydrogen-bond donors (Lipinski definition) is 2. The first-order valence-corrected chi connectivity index (χ1v) is 8.65. The number of nitrogens with two attached hydrogens (primary N) is 1. The lowest BCUT2D eigenvalue weighted by Crippen LogP contribution is -2.23. The maximum atomic E-state index is 12.1. The molecular formula is C16H19N3O3S. The lowest BCUT2D eigenvalue weighted by atomic mass is 10.3. The Balaban J connectivity index is 1.92. The van der Waals surface area contributed by atoms with E-state index in [1.54, 1.807) is 61.7 Å². The first-order valence-electron chi connectivity index (χ1n) is 7.00. The highest BCUT2D eigenvalue weighted by Gasteiger charge is 2.12. The number of methoxy groups -OCH3 is 1. The third-order valence-electron chi connectivity index (χ3n) is 3.11. The fourth-order valence-electron chi connectivity index (χ4n) is 1.89. The summed E-state index contributed by atoms with van der Waals surface area (Å²) in [6, 6.07) is 15.4. The van der Waals surface area contributed by atoms with Gasteiger partial charge in [0.15, 0.2) is 15.8 Å². The van der Waals surface area contributed by atoms with Gasteiger partial charge in [-0.3, -0.25) is 4.99 Å². The van der Waals surface area contributed by atoms with E-state index in [9.17, 15) is 8.42 Å². The molecule has 0 fully saturated rings. The van der Waals surface area contributed by atoms with Crippen molar-refractivity contribution < 1.29 is 13.2 Å². The van der Waals surface area contributed by atoms with Crippen LogP contribution >= 0.6 is 0 Å². The highest BCUT2D eigenvalue weighted by molar-refractivity contribution is 7.91. The van der Waals surface area contributed by atoms with Gasteiger partial charge < -0.3 is 15.8 Å². The lowest BCUT2D eigenvalue weighted by Gasteiger charge is -2.07. The van der Waals surface area contributed by atoms with Gasteiger partial charge in [-0.25, -0.2) is 8.42 Å². The van der Waals surface area contributed by atoms with Crippen LogP contribution in [0.3, 0.4) is 0 Å². The Labute approximate surface area is 135 Å². The summed E-state index contributed by atoms with van der Waals surface area (Å²) in [5.74, 6) is 0.806. The van der Waals surface area contributed by atoms with Crippen LogP contribution in [0.25, 0.3) is 0 Å². The molecule has 0 unspecified atom stereocenters. The molecule has 2 aromatic carbocycles. The molecule has 2 aromatic rings. The van der Waals surface area contributed by atoms with Crippen LogP contribution in [0.2, 0.25) is 0 Å². The van der Waals surface area contributed by atoms with Crippen LogP contribution in [-0.4, -0.2) is 33.8 Å². The van der Waals surface area contributed by atoms with Gasteiger partial charge in [0.05, 0.1) is 24.3 Å². The van der Waals surface area contributed by atoms with E-state index >= 15 is 0 Å². The third-order valence-corrected chi connectivity index (χ3v) is 4.82. The molecule has 7 heteroatoms. The average Bonchev–Trinajstić information content (AvgIpc) is 2.56. The topological polar surface area (TPSA) is 93.8 Å². The van der Waals surface area contributed by atoms with E-state index in [1.165, 1.54) is 0 Å². The summed E-state index contributed by atoms with van der Waals surface area (Å²) in [4.78, 5) is 4.33. The van der Waals surface area contributed by atoms with Crippen LogP contribution in [0, 0.1) is 0 Å². The second-order valence-corrected chi connectivity index (χ2v) is 6.86. The second-order valence-electron chi connectivity index (χ2n) is 4.75. The van der Waals surface area contributed by atoms with Gasteiger partial charge in [0, 0.05) is 5.69 Å². The maximum Gasteiger partial charge on any atom is 0.193 e. The SMILES string of the molecule is COc1ccc(NC(N)=NCCS(=O)(=O)c2ccccc2)cc1. The number of anilines is 1. The van der Waals surface area contributed by atoms with Gasteiger partial charge in [-0.2, -0.15) is 0 Å². The van der Waals surface area contributed by atoms with E-state index in [2.05, 4.69) is 10.3 Å². The van der Waals surface area contributed by atoms with Crippen molar-refractivity contribution in [2.45, 2.75) is 4.90 Å². The van der Waals surface area contributed by atoms with Gasteiger partial charge >= 0.3 is 0 Å². The molecule has 3 N–H and O–H groups in total. The summed E-state index contributed by atoms with van der Waals surface area (Å²) in [5.41, 5.74) is 6.51. The molecule has 0 aliphatic carbocycles. The van der Waals surface area contributed by atoms with E-state index in [0.29, 0.717) is 0 Å². The molecule has 0 atom stereocenters. The summed E-state index contributed by atoms with van der Waals surface area (Å²) in [5, 5.41) is 2.90. The molecule has 0 spiro atoms. The fraction of sp³-hybridized carbons (Fsp3) is 0.188. The molecule has 0 aromatic heterocycles. The highest BCUT2D eigenvalue weighted by Crippen LogP contribution is 2.14. The van der Waals surface area contributed by atoms with Crippen LogP contribution in [0.15, 0.2) is 64.5 Å². The van der Waals surface area contributed by atoms with Crippen LogP contribution < -0.4 is 15.8 Å². The van der Waals surface area contributed by atoms with E-state index in [1.807, 2.05) is 0 Å². The molecule has 122 valence electrons. The Bertz CT molecular complexity index is 757. The molecule has 23 heavy (non-hydrogen) atoms. The monoisotopic (exact) mass is 333 g/mol. The number of hydrogen-bond acceptors (Lipinski definition) is 4. The van der Waals surface area contributed by atoms with Gasteiger partial charge in [0.1, 0.15) is 5.75 Å². The fourth-order valence-corrected chi connectivity index (χ4v) is 3.03. The smallest absolute Gasteiger partial charge is 0.193 e. The number of nitrogens with one attached hydrogen (secondary N) is 1. The van der Waals surface area contributed by atoms with Crippen LogP contribution in [0.1, 0.15) is 0 Å². The summed E-state index contributed by atoms with van der Waals surface area (Å²) < 4.78 is 29.3. The van der Waals surface area contributed by atoms with Crippen LogP contribution in [0.5, 0.6) is 5.75 Å². The molecule has 0 saturated carbocycles. The van der Waals surface area contributed by atoms with Gasteiger partial charge in [0.25, 0.3) is 0 Å². The van der Waals surface area contributed by atoms with Crippen molar-refractivity contribution in [1.29, 1.82) is 0 Å². The highest BCUT2D eigenvalue weighted by atomic mass is 32.2. The van der Waals surface area contributed by atoms with Crippen molar-refractivity contribution in [3.05, 3.63) is 54.6 Å². The Morgan fingerprint density at radius 2 is 1.78 bits per heavy atom. The number of guanidine groups is 1. The Hall–Kier alpha value is -2.54. The predicted octanol–water partition coefficient (Wildman–Crippen LogP) is 1.90. The van der Waals surface area contributed by atoms with Gasteiger partial charge in [0.2, 0.25) is 0 Å². The number of nitrogens with zero attached hydrogens (tertiary/aromatic N) is 1. The normalized spacial score (nSPS) is 12.0. The van der Waals surface area contributed by atoms with E-state index < -0.39 is 9.84 Å². The predicted molar refractivity (Wildman–Crippen MR) is 91.6 cm³/mol. The molecule has 0 radical (unpaired) electrons. The zero-order valence-corrected chi connectivity index (χ0v) is 13.6. The second kappa shape index (κ2) is 7.64. The Morgan fingerprint density at radius 1 is 1.13 bits per heavy atom. The van der Waals surface area contributed by atoms with Crippen molar-refractivity contribution in [2.24, 2.45) is 10.7 Å². The zero-order chi connectivity index (χ0) is 16.7. The lowest BCUT2D eigenvalue weighted by molar-refractivity contribution is 0.415. The molecule has 0 saturated heterocycles. The van der Waals surface area contributed by atoms with E-state index in [-0.39, 0.29) is 23.2 Å². The molecule has 0 bridgehead atoms. The van der Waals surface area contributed by atoms with Crippen molar-refractivity contribution in [1.82, 2.24) is 0 Å². The summed E-state index contributed by atoms with van der Waals surface area (Å²) >= 11 is 0. The minimum absolute atomic E-state index is 0.0895. The van der Waals surface area contributed by atoms with Crippen LogP contribution in [0.4, 0.5) is 5.69 Å². The van der Waals surface area contributed by atoms with E-state index in [0.717, 1.165) is 11.4 Å². The molecule has 0 aliphatic rings. The number of sulfone groups is 1. The van der Waals surface area contributed by atoms with Gasteiger partial charge in [-0.15, -0.1) is 0 Å². The largest absolute Gasteiger partial charge is 0.497 e. The number of benzene rings is 2. The molecule has 2 rings (SSSR count). The molecular weight excluding hydrogens is 314 g/mol.